The summed E-state index contributed by atoms with van der Waals surface area (Å²) in [5.74, 6) is 0.966. The zero-order valence-electron chi connectivity index (χ0n) is 27.4. The molecular weight excluding hydrogens is 548 g/mol. The molecule has 4 unspecified atom stereocenters. The number of rotatable bonds is 6. The first-order chi connectivity index (χ1) is 19.3. The van der Waals surface area contributed by atoms with Gasteiger partial charge >= 0.3 is 11.9 Å². The van der Waals surface area contributed by atoms with E-state index in [9.17, 15) is 19.5 Å². The van der Waals surface area contributed by atoms with Gasteiger partial charge in [-0.3, -0.25) is 14.4 Å². The van der Waals surface area contributed by atoms with E-state index in [2.05, 4.69) is 48.1 Å². The number of carbonyl (C=O) groups excluding carboxylic acids is 2. The Hall–Kier alpha value is -1.36. The number of esters is 1. The van der Waals surface area contributed by atoms with E-state index in [4.69, 9.17) is 16.3 Å². The second-order valence-electron chi connectivity index (χ2n) is 17.3. The van der Waals surface area contributed by atoms with Gasteiger partial charge in [0.1, 0.15) is 6.10 Å². The lowest BCUT2D eigenvalue weighted by Crippen LogP contribution is -2.67. The van der Waals surface area contributed by atoms with Gasteiger partial charge in [-0.25, -0.2) is 0 Å². The summed E-state index contributed by atoms with van der Waals surface area (Å²) in [6.07, 6.45) is 9.68. The van der Waals surface area contributed by atoms with Gasteiger partial charge in [0.2, 0.25) is 5.24 Å². The maximum Gasteiger partial charge on any atom is 0.309 e. The number of carboxylic acids is 1. The SMILES string of the molecule is C=C(C)[C@@H]1CC[C@]2(C(=O)O)CC[C@]3(C)C(CCC4[C@@]5(C)CC[C@H](OC(=O)CC(C)(C)C(=O)Cl)C(C)(C)C5CC[C@]43C)C12. The maximum atomic E-state index is 13.0. The maximum absolute atomic E-state index is 13.0. The van der Waals surface area contributed by atoms with E-state index in [-0.39, 0.29) is 46.1 Å². The van der Waals surface area contributed by atoms with Gasteiger partial charge in [-0.15, -0.1) is 0 Å². The zero-order chi connectivity index (χ0) is 31.3. The number of ether oxygens (including phenoxy) is 1. The van der Waals surface area contributed by atoms with Crippen molar-refractivity contribution in [2.75, 3.05) is 0 Å². The van der Waals surface area contributed by atoms with Crippen LogP contribution in [0.1, 0.15) is 126 Å². The van der Waals surface area contributed by atoms with Crippen molar-refractivity contribution in [1.29, 1.82) is 0 Å². The number of aliphatic carboxylic acids is 1. The summed E-state index contributed by atoms with van der Waals surface area (Å²) in [4.78, 5) is 37.7. The topological polar surface area (TPSA) is 80.7 Å². The van der Waals surface area contributed by atoms with Crippen LogP contribution in [0.4, 0.5) is 0 Å². The number of halogens is 1. The Morgan fingerprint density at radius 2 is 1.55 bits per heavy atom. The molecule has 6 heteroatoms. The van der Waals surface area contributed by atoms with E-state index in [0.717, 1.165) is 64.2 Å². The fourth-order valence-corrected chi connectivity index (χ4v) is 12.4. The van der Waals surface area contributed by atoms with Gasteiger partial charge in [0, 0.05) is 10.8 Å². The summed E-state index contributed by atoms with van der Waals surface area (Å²) in [5, 5.41) is 10.1. The van der Waals surface area contributed by atoms with Crippen LogP contribution < -0.4 is 0 Å². The Bertz CT molecular complexity index is 1170. The molecule has 0 aromatic heterocycles. The zero-order valence-corrected chi connectivity index (χ0v) is 28.2. The van der Waals surface area contributed by atoms with Crippen LogP contribution in [-0.2, 0) is 19.1 Å². The van der Waals surface area contributed by atoms with Gasteiger partial charge in [0.25, 0.3) is 0 Å². The van der Waals surface area contributed by atoms with Crippen LogP contribution in [0.2, 0.25) is 0 Å². The second-order valence-corrected chi connectivity index (χ2v) is 17.7. The molecule has 0 spiro atoms. The third-order valence-electron chi connectivity index (χ3n) is 14.8. The quantitative estimate of drug-likeness (QED) is 0.187. The molecule has 1 N–H and O–H groups in total. The number of carboxylic acid groups (broad SMARTS) is 1. The average Bonchev–Trinajstić information content (AvgIpc) is 3.27. The van der Waals surface area contributed by atoms with Gasteiger partial charge in [0.15, 0.2) is 0 Å². The molecule has 0 aliphatic heterocycles. The summed E-state index contributed by atoms with van der Waals surface area (Å²) in [6.45, 7) is 22.1. The third kappa shape index (κ3) is 4.31. The monoisotopic (exact) mass is 602 g/mol. The van der Waals surface area contributed by atoms with Gasteiger partial charge < -0.3 is 9.84 Å². The van der Waals surface area contributed by atoms with Crippen molar-refractivity contribution >= 4 is 28.8 Å². The fraction of sp³-hybridized carbons (Fsp3) is 0.861. The van der Waals surface area contributed by atoms with Crippen LogP contribution in [0.25, 0.3) is 0 Å². The summed E-state index contributed by atoms with van der Waals surface area (Å²) in [6, 6.07) is 0. The van der Waals surface area contributed by atoms with Crippen molar-refractivity contribution in [2.24, 2.45) is 62.1 Å². The molecule has 0 heterocycles. The highest BCUT2D eigenvalue weighted by Crippen LogP contribution is 2.77. The predicted molar refractivity (Wildman–Crippen MR) is 166 cm³/mol. The van der Waals surface area contributed by atoms with Crippen molar-refractivity contribution in [3.63, 3.8) is 0 Å². The normalized spacial score (nSPS) is 45.9. The largest absolute Gasteiger partial charge is 0.481 e. The van der Waals surface area contributed by atoms with Gasteiger partial charge in [-0.05, 0) is 129 Å². The highest BCUT2D eigenvalue weighted by molar-refractivity contribution is 6.64. The molecule has 0 saturated heterocycles. The fourth-order valence-electron chi connectivity index (χ4n) is 12.3. The van der Waals surface area contributed by atoms with E-state index >= 15 is 0 Å². The van der Waals surface area contributed by atoms with Crippen molar-refractivity contribution < 1.29 is 24.2 Å². The van der Waals surface area contributed by atoms with Gasteiger partial charge in [-0.2, -0.15) is 0 Å². The molecule has 5 rings (SSSR count). The molecule has 0 aromatic carbocycles. The first-order valence-electron chi connectivity index (χ1n) is 16.6. The number of fused-ring (bicyclic) bond motifs is 7. The molecule has 5 aliphatic rings. The molecule has 10 atom stereocenters. The Morgan fingerprint density at radius 1 is 0.881 bits per heavy atom. The molecule has 0 radical (unpaired) electrons. The molecule has 236 valence electrons. The van der Waals surface area contributed by atoms with Gasteiger partial charge in [0.05, 0.1) is 11.8 Å². The smallest absolute Gasteiger partial charge is 0.309 e. The molecule has 5 saturated carbocycles. The Morgan fingerprint density at radius 3 is 2.14 bits per heavy atom. The van der Waals surface area contributed by atoms with Crippen molar-refractivity contribution in [2.45, 2.75) is 132 Å². The van der Waals surface area contributed by atoms with Crippen LogP contribution >= 0.6 is 11.6 Å². The number of carbonyl (C=O) groups is 3. The van der Waals surface area contributed by atoms with Crippen molar-refractivity contribution in [1.82, 2.24) is 0 Å². The Labute approximate surface area is 258 Å². The van der Waals surface area contributed by atoms with Crippen LogP contribution in [0.5, 0.6) is 0 Å². The predicted octanol–water partition coefficient (Wildman–Crippen LogP) is 8.82. The molecule has 0 amide bonds. The standard InChI is InChI=1S/C36H55ClO5/c1-21(2)22-12-17-36(30(40)41)19-18-34(8)23(28(22)36)10-11-25-33(7)15-14-26(42-27(38)20-31(3,4)29(37)39)32(5,6)24(33)13-16-35(25,34)9/h22-26,28H,1,10-20H2,2-9H3,(H,40,41)/t22-,23?,24?,25?,26-,28?,33-,34+,35+,36-/m0/s1. The number of hydrogen-bond acceptors (Lipinski definition) is 4. The molecule has 5 fully saturated rings. The van der Waals surface area contributed by atoms with E-state index in [0.29, 0.717) is 23.7 Å². The number of hydrogen-bond donors (Lipinski definition) is 1. The summed E-state index contributed by atoms with van der Waals surface area (Å²) >= 11 is 5.76. The van der Waals surface area contributed by atoms with Crippen molar-refractivity contribution in [3.8, 4) is 0 Å². The second kappa shape index (κ2) is 10.1. The molecule has 0 aromatic rings. The third-order valence-corrected chi connectivity index (χ3v) is 15.3. The van der Waals surface area contributed by atoms with E-state index < -0.39 is 22.0 Å². The molecule has 5 aliphatic carbocycles. The van der Waals surface area contributed by atoms with E-state index in [1.807, 2.05) is 0 Å². The minimum atomic E-state index is -0.937. The van der Waals surface area contributed by atoms with Crippen LogP contribution in [0.15, 0.2) is 12.2 Å². The first kappa shape index (κ1) is 32.0. The molecule has 5 nitrogen and oxygen atoms in total. The van der Waals surface area contributed by atoms with Gasteiger partial charge in [-0.1, -0.05) is 60.6 Å². The Balaban J connectivity index is 1.42. The highest BCUT2D eigenvalue weighted by Gasteiger charge is 2.72. The summed E-state index contributed by atoms with van der Waals surface area (Å²) in [5.41, 5.74) is -0.180. The summed E-state index contributed by atoms with van der Waals surface area (Å²) < 4.78 is 6.15. The Kier molecular flexibility index (Phi) is 7.69. The van der Waals surface area contributed by atoms with E-state index in [1.54, 1.807) is 13.8 Å². The van der Waals surface area contributed by atoms with Crippen LogP contribution in [0.3, 0.4) is 0 Å². The van der Waals surface area contributed by atoms with Crippen molar-refractivity contribution in [3.05, 3.63) is 12.2 Å². The minimum absolute atomic E-state index is 0.00549. The van der Waals surface area contributed by atoms with Crippen LogP contribution in [-0.4, -0.2) is 28.4 Å². The molecular formula is C36H55ClO5. The minimum Gasteiger partial charge on any atom is -0.481 e. The van der Waals surface area contributed by atoms with E-state index in [1.165, 1.54) is 5.57 Å². The molecule has 0 bridgehead atoms. The molecule has 42 heavy (non-hydrogen) atoms. The van der Waals surface area contributed by atoms with Crippen LogP contribution in [0, 0.1) is 62.1 Å². The average molecular weight is 603 g/mol. The first-order valence-corrected chi connectivity index (χ1v) is 16.9. The summed E-state index contributed by atoms with van der Waals surface area (Å²) in [7, 11) is 0. The lowest BCUT2D eigenvalue weighted by atomic mass is 9.32. The lowest BCUT2D eigenvalue weighted by molar-refractivity contribution is -0.250. The lowest BCUT2D eigenvalue weighted by Gasteiger charge is -2.72. The number of allylic oxidation sites excluding steroid dienone is 1. The highest BCUT2D eigenvalue weighted by atomic mass is 35.5.